The number of nitrogens with two attached hydrogens (primary N) is 1. The number of rotatable bonds is 7. The number of carbonyl (C=O) groups is 1. The highest BCUT2D eigenvalue weighted by atomic mass is 32.2. The van der Waals surface area contributed by atoms with E-state index in [2.05, 4.69) is 15.3 Å². The summed E-state index contributed by atoms with van der Waals surface area (Å²) >= 11 is 2.19. The van der Waals surface area contributed by atoms with Crippen LogP contribution in [-0.2, 0) is 21.1 Å². The summed E-state index contributed by atoms with van der Waals surface area (Å²) in [7, 11) is -3.75. The van der Waals surface area contributed by atoms with Gasteiger partial charge in [-0.15, -0.1) is 11.3 Å². The molecule has 0 saturated heterocycles. The predicted molar refractivity (Wildman–Crippen MR) is 116 cm³/mol. The molecule has 2 aromatic heterocycles. The normalized spacial score (nSPS) is 11.4. The molecule has 0 saturated carbocycles. The fourth-order valence-electron chi connectivity index (χ4n) is 2.68. The zero-order valence-electron chi connectivity index (χ0n) is 15.9. The average molecular weight is 449 g/mol. The molecule has 0 aliphatic heterocycles. The number of thioether (sulfide) groups is 1. The molecule has 0 aliphatic rings. The average Bonchev–Trinajstić information content (AvgIpc) is 3.23. The van der Waals surface area contributed by atoms with E-state index in [1.165, 1.54) is 12.3 Å². The van der Waals surface area contributed by atoms with E-state index in [4.69, 9.17) is 5.73 Å². The fraction of sp³-hybridized carbons (Fsp3) is 0.211. The molecule has 0 aliphatic carbocycles. The van der Waals surface area contributed by atoms with Gasteiger partial charge < -0.3 is 11.1 Å². The van der Waals surface area contributed by atoms with Crippen LogP contribution in [0.3, 0.4) is 0 Å². The number of nitrogens with zero attached hydrogens (tertiary/aromatic N) is 2. The largest absolute Gasteiger partial charge is 0.382 e. The summed E-state index contributed by atoms with van der Waals surface area (Å²) in [6.45, 7) is 3.97. The van der Waals surface area contributed by atoms with Crippen molar-refractivity contribution in [2.45, 2.75) is 34.5 Å². The number of amides is 1. The second-order valence-electron chi connectivity index (χ2n) is 6.14. The molecule has 0 spiro atoms. The van der Waals surface area contributed by atoms with Gasteiger partial charge in [0.15, 0.2) is 5.16 Å². The van der Waals surface area contributed by atoms with Gasteiger partial charge in [-0.1, -0.05) is 43.0 Å². The van der Waals surface area contributed by atoms with E-state index in [1.54, 1.807) is 11.4 Å². The van der Waals surface area contributed by atoms with Gasteiger partial charge in [0.2, 0.25) is 15.7 Å². The maximum atomic E-state index is 12.6. The molecule has 152 valence electrons. The molecule has 1 amide bonds. The zero-order valence-corrected chi connectivity index (χ0v) is 18.3. The Morgan fingerprint density at radius 2 is 2.07 bits per heavy atom. The van der Waals surface area contributed by atoms with Crippen molar-refractivity contribution in [2.24, 2.45) is 0 Å². The van der Waals surface area contributed by atoms with Gasteiger partial charge in [0.25, 0.3) is 0 Å². The first kappa shape index (κ1) is 21.3. The number of nitrogen functional groups attached to an aromatic ring is 1. The van der Waals surface area contributed by atoms with Gasteiger partial charge in [-0.2, -0.15) is 0 Å². The van der Waals surface area contributed by atoms with E-state index >= 15 is 0 Å². The standard InChI is InChI=1S/C19H20N4O3S3/c1-3-13-7-4-6-12(2)17(13)22-15(24)11-28-19-21-10-14(18(20)23-19)29(25,26)16-8-5-9-27-16/h4-10H,3,11H2,1-2H3,(H,22,24)(H2,20,21,23). The lowest BCUT2D eigenvalue weighted by molar-refractivity contribution is -0.113. The molecular weight excluding hydrogens is 428 g/mol. The molecular formula is C19H20N4O3S3. The first-order valence-electron chi connectivity index (χ1n) is 8.75. The zero-order chi connectivity index (χ0) is 21.0. The van der Waals surface area contributed by atoms with E-state index in [-0.39, 0.29) is 31.7 Å². The number of hydrogen-bond donors (Lipinski definition) is 2. The van der Waals surface area contributed by atoms with Gasteiger partial charge >= 0.3 is 0 Å². The van der Waals surface area contributed by atoms with Crippen LogP contribution in [0.15, 0.2) is 56.2 Å². The van der Waals surface area contributed by atoms with E-state index < -0.39 is 9.84 Å². The Bertz CT molecular complexity index is 1130. The van der Waals surface area contributed by atoms with Crippen LogP contribution >= 0.6 is 23.1 Å². The third-order valence-corrected chi connectivity index (χ3v) is 8.18. The number of anilines is 2. The molecule has 3 rings (SSSR count). The Morgan fingerprint density at radius 3 is 2.72 bits per heavy atom. The molecule has 0 radical (unpaired) electrons. The maximum absolute atomic E-state index is 12.6. The van der Waals surface area contributed by atoms with Crippen molar-refractivity contribution in [2.75, 3.05) is 16.8 Å². The van der Waals surface area contributed by atoms with Crippen LogP contribution in [0.4, 0.5) is 11.5 Å². The number of para-hydroxylation sites is 1. The number of carbonyl (C=O) groups excluding carboxylic acids is 1. The molecule has 3 aromatic rings. The third kappa shape index (κ3) is 4.77. The first-order chi connectivity index (χ1) is 13.8. The lowest BCUT2D eigenvalue weighted by Crippen LogP contribution is -2.16. The van der Waals surface area contributed by atoms with Gasteiger partial charge in [-0.3, -0.25) is 4.79 Å². The Balaban J connectivity index is 1.69. The summed E-state index contributed by atoms with van der Waals surface area (Å²) < 4.78 is 25.3. The second kappa shape index (κ2) is 8.93. The van der Waals surface area contributed by atoms with E-state index in [0.29, 0.717) is 0 Å². The lowest BCUT2D eigenvalue weighted by atomic mass is 10.1. The van der Waals surface area contributed by atoms with E-state index in [9.17, 15) is 13.2 Å². The Morgan fingerprint density at radius 1 is 1.28 bits per heavy atom. The van der Waals surface area contributed by atoms with Crippen molar-refractivity contribution in [3.63, 3.8) is 0 Å². The van der Waals surface area contributed by atoms with Crippen molar-refractivity contribution in [3.8, 4) is 0 Å². The molecule has 7 nitrogen and oxygen atoms in total. The highest BCUT2D eigenvalue weighted by molar-refractivity contribution is 7.99. The van der Waals surface area contributed by atoms with Gasteiger partial charge in [0.1, 0.15) is 14.9 Å². The van der Waals surface area contributed by atoms with Crippen LogP contribution in [0.5, 0.6) is 0 Å². The molecule has 3 N–H and O–H groups in total. The fourth-order valence-corrected chi connectivity index (χ4v) is 5.68. The number of benzene rings is 1. The van der Waals surface area contributed by atoms with Gasteiger partial charge in [0.05, 0.1) is 11.9 Å². The SMILES string of the molecule is CCc1cccc(C)c1NC(=O)CSc1ncc(S(=O)(=O)c2cccs2)c(N)n1. The minimum absolute atomic E-state index is 0.0773. The molecule has 29 heavy (non-hydrogen) atoms. The molecule has 0 unspecified atom stereocenters. The summed E-state index contributed by atoms with van der Waals surface area (Å²) in [6.07, 6.45) is 2.00. The maximum Gasteiger partial charge on any atom is 0.234 e. The Kier molecular flexibility index (Phi) is 6.56. The number of aromatic nitrogens is 2. The van der Waals surface area contributed by atoms with Crippen molar-refractivity contribution in [3.05, 3.63) is 53.0 Å². The molecule has 1 aromatic carbocycles. The summed E-state index contributed by atoms with van der Waals surface area (Å²) in [5.74, 6) is -0.256. The van der Waals surface area contributed by atoms with Crippen LogP contribution in [0.25, 0.3) is 0 Å². The van der Waals surface area contributed by atoms with E-state index in [1.807, 2.05) is 32.0 Å². The number of sulfone groups is 1. The van der Waals surface area contributed by atoms with Gasteiger partial charge in [-0.25, -0.2) is 18.4 Å². The lowest BCUT2D eigenvalue weighted by Gasteiger charge is -2.12. The van der Waals surface area contributed by atoms with Gasteiger partial charge in [0, 0.05) is 5.69 Å². The topological polar surface area (TPSA) is 115 Å². The van der Waals surface area contributed by atoms with Crippen LogP contribution in [0.1, 0.15) is 18.1 Å². The van der Waals surface area contributed by atoms with E-state index in [0.717, 1.165) is 46.3 Å². The summed E-state index contributed by atoms with van der Waals surface area (Å²) in [6, 6.07) is 9.03. The number of thiophene rings is 1. The predicted octanol–water partition coefficient (Wildman–Crippen LogP) is 3.55. The molecule has 0 atom stereocenters. The molecule has 10 heteroatoms. The van der Waals surface area contributed by atoms with Crippen molar-refractivity contribution in [1.82, 2.24) is 9.97 Å². The third-order valence-electron chi connectivity index (χ3n) is 4.15. The molecule has 0 bridgehead atoms. The highest BCUT2D eigenvalue weighted by Gasteiger charge is 2.23. The monoisotopic (exact) mass is 448 g/mol. The number of aryl methyl sites for hydroxylation is 2. The minimum Gasteiger partial charge on any atom is -0.382 e. The van der Waals surface area contributed by atoms with Crippen LogP contribution in [-0.4, -0.2) is 30.0 Å². The molecule has 2 heterocycles. The number of hydrogen-bond acceptors (Lipinski definition) is 8. The van der Waals surface area contributed by atoms with Gasteiger partial charge in [-0.05, 0) is 35.9 Å². The second-order valence-corrected chi connectivity index (χ2v) is 10.2. The molecule has 0 fully saturated rings. The quantitative estimate of drug-likeness (QED) is 0.419. The summed E-state index contributed by atoms with van der Waals surface area (Å²) in [4.78, 5) is 20.3. The minimum atomic E-state index is -3.75. The smallest absolute Gasteiger partial charge is 0.234 e. The van der Waals surface area contributed by atoms with Crippen LogP contribution in [0.2, 0.25) is 0 Å². The first-order valence-corrected chi connectivity index (χ1v) is 12.1. The van der Waals surface area contributed by atoms with Crippen molar-refractivity contribution in [1.29, 1.82) is 0 Å². The van der Waals surface area contributed by atoms with Crippen LogP contribution < -0.4 is 11.1 Å². The van der Waals surface area contributed by atoms with Crippen molar-refractivity contribution >= 4 is 50.3 Å². The summed E-state index contributed by atoms with van der Waals surface area (Å²) in [5, 5.41) is 4.84. The Hall–Kier alpha value is -2.43. The van der Waals surface area contributed by atoms with Crippen LogP contribution in [0, 0.1) is 6.92 Å². The Labute approximate surface area is 177 Å². The highest BCUT2D eigenvalue weighted by Crippen LogP contribution is 2.28. The summed E-state index contributed by atoms with van der Waals surface area (Å²) in [5.41, 5.74) is 8.73. The number of nitrogens with one attached hydrogen (secondary N) is 1. The van der Waals surface area contributed by atoms with Crippen molar-refractivity contribution < 1.29 is 13.2 Å².